The molecule has 0 radical (unpaired) electrons. The van der Waals surface area contributed by atoms with Crippen LogP contribution in [-0.4, -0.2) is 5.60 Å². The van der Waals surface area contributed by atoms with Gasteiger partial charge in [0.25, 0.3) is 0 Å². The van der Waals surface area contributed by atoms with Crippen LogP contribution in [0, 0.1) is 12.7 Å². The minimum Gasteiger partial charge on any atom is -0.487 e. The van der Waals surface area contributed by atoms with Crippen molar-refractivity contribution in [3.63, 3.8) is 0 Å². The van der Waals surface area contributed by atoms with Crippen molar-refractivity contribution in [3.8, 4) is 5.75 Å². The molecule has 1 N–H and O–H groups in total. The maximum Gasteiger partial charge on any atom is 0.128 e. The smallest absolute Gasteiger partial charge is 0.128 e. The molecule has 0 spiro atoms. The number of para-hydroxylation sites is 1. The molecular weight excluding hydrogens is 265 g/mol. The summed E-state index contributed by atoms with van der Waals surface area (Å²) in [7, 11) is 0. The van der Waals surface area contributed by atoms with Gasteiger partial charge in [-0.15, -0.1) is 0 Å². The van der Waals surface area contributed by atoms with Crippen LogP contribution in [0.4, 0.5) is 10.1 Å². The zero-order chi connectivity index (χ0) is 15.0. The number of ether oxygens (including phenoxy) is 1. The zero-order valence-corrected chi connectivity index (χ0v) is 12.7. The van der Waals surface area contributed by atoms with Gasteiger partial charge in [0.05, 0.1) is 0 Å². The van der Waals surface area contributed by atoms with Gasteiger partial charge in [-0.05, 0) is 50.1 Å². The molecule has 2 nitrogen and oxygen atoms in total. The summed E-state index contributed by atoms with van der Waals surface area (Å²) in [6.07, 6.45) is 0.936. The van der Waals surface area contributed by atoms with Crippen molar-refractivity contribution in [1.82, 2.24) is 0 Å². The summed E-state index contributed by atoms with van der Waals surface area (Å²) < 4.78 is 19.2. The molecule has 0 bridgehead atoms. The topological polar surface area (TPSA) is 21.3 Å². The summed E-state index contributed by atoms with van der Waals surface area (Å²) in [4.78, 5) is 0. The molecule has 0 aliphatic carbocycles. The molecule has 3 heteroatoms. The quantitative estimate of drug-likeness (QED) is 0.899. The second-order valence-electron chi connectivity index (χ2n) is 6.26. The highest BCUT2D eigenvalue weighted by Crippen LogP contribution is 2.37. The number of rotatable bonds is 3. The molecule has 0 amide bonds. The third-order valence-corrected chi connectivity index (χ3v) is 3.83. The van der Waals surface area contributed by atoms with Crippen molar-refractivity contribution >= 4 is 5.69 Å². The summed E-state index contributed by atoms with van der Waals surface area (Å²) in [5.74, 6) is 0.790. The number of anilines is 1. The van der Waals surface area contributed by atoms with Crippen LogP contribution < -0.4 is 10.1 Å². The molecule has 0 aromatic heterocycles. The molecule has 2 aromatic carbocycles. The van der Waals surface area contributed by atoms with Gasteiger partial charge in [0.1, 0.15) is 17.2 Å². The predicted molar refractivity (Wildman–Crippen MR) is 83.3 cm³/mol. The highest BCUT2D eigenvalue weighted by Gasteiger charge is 2.31. The molecule has 1 aliphatic rings. The Hall–Kier alpha value is -2.03. The average molecular weight is 285 g/mol. The number of nitrogens with one attached hydrogen (secondary N) is 1. The lowest BCUT2D eigenvalue weighted by Crippen LogP contribution is -2.25. The normalized spacial score (nSPS) is 15.4. The highest BCUT2D eigenvalue weighted by atomic mass is 19.1. The number of benzene rings is 2. The third kappa shape index (κ3) is 2.87. The van der Waals surface area contributed by atoms with E-state index in [1.165, 1.54) is 17.7 Å². The molecule has 0 unspecified atom stereocenters. The van der Waals surface area contributed by atoms with Crippen LogP contribution >= 0.6 is 0 Å². The van der Waals surface area contributed by atoms with E-state index in [1.807, 2.05) is 6.92 Å². The van der Waals surface area contributed by atoms with E-state index in [4.69, 9.17) is 4.74 Å². The molecule has 1 heterocycles. The summed E-state index contributed by atoms with van der Waals surface area (Å²) >= 11 is 0. The van der Waals surface area contributed by atoms with Crippen molar-refractivity contribution < 1.29 is 9.13 Å². The van der Waals surface area contributed by atoms with Gasteiger partial charge >= 0.3 is 0 Å². The maximum atomic E-state index is 13.1. The van der Waals surface area contributed by atoms with Crippen molar-refractivity contribution in [1.29, 1.82) is 0 Å². The maximum absolute atomic E-state index is 13.1. The van der Waals surface area contributed by atoms with Gasteiger partial charge in [-0.1, -0.05) is 18.2 Å². The molecule has 0 saturated carbocycles. The fourth-order valence-electron chi connectivity index (χ4n) is 2.83. The van der Waals surface area contributed by atoms with Crippen molar-refractivity contribution in [2.45, 2.75) is 39.3 Å². The molecule has 3 rings (SSSR count). The monoisotopic (exact) mass is 285 g/mol. The summed E-state index contributed by atoms with van der Waals surface area (Å²) in [6.45, 7) is 6.79. The Kier molecular flexibility index (Phi) is 3.36. The first-order valence-electron chi connectivity index (χ1n) is 7.24. The van der Waals surface area contributed by atoms with Crippen molar-refractivity contribution in [2.24, 2.45) is 0 Å². The Labute approximate surface area is 125 Å². The largest absolute Gasteiger partial charge is 0.487 e. The second-order valence-corrected chi connectivity index (χ2v) is 6.26. The number of halogens is 1. The molecular formula is C18H20FNO. The van der Waals surface area contributed by atoms with Crippen LogP contribution in [0.15, 0.2) is 36.4 Å². The van der Waals surface area contributed by atoms with E-state index in [0.29, 0.717) is 6.54 Å². The fourth-order valence-corrected chi connectivity index (χ4v) is 2.83. The van der Waals surface area contributed by atoms with E-state index >= 15 is 0 Å². The van der Waals surface area contributed by atoms with Crippen molar-refractivity contribution in [2.75, 3.05) is 5.32 Å². The predicted octanol–water partition coefficient (Wildman–Crippen LogP) is 4.46. The molecule has 1 aliphatic heterocycles. The van der Waals surface area contributed by atoms with Gasteiger partial charge in [0, 0.05) is 24.2 Å². The van der Waals surface area contributed by atoms with Gasteiger partial charge in [0.15, 0.2) is 0 Å². The first kappa shape index (κ1) is 13.9. The van der Waals surface area contributed by atoms with Gasteiger partial charge in [-0.2, -0.15) is 0 Å². The SMILES string of the molecule is Cc1cc(F)ccc1NCc1cccc2c1OC(C)(C)C2. The lowest BCUT2D eigenvalue weighted by Gasteiger charge is -2.18. The van der Waals surface area contributed by atoms with Crippen LogP contribution in [0.25, 0.3) is 0 Å². The fraction of sp³-hybridized carbons (Fsp3) is 0.333. The number of fused-ring (bicyclic) bond motifs is 1. The van der Waals surface area contributed by atoms with Gasteiger partial charge < -0.3 is 10.1 Å². The zero-order valence-electron chi connectivity index (χ0n) is 12.7. The van der Waals surface area contributed by atoms with Gasteiger partial charge in [-0.25, -0.2) is 4.39 Å². The Balaban J connectivity index is 1.80. The van der Waals surface area contributed by atoms with Crippen LogP contribution in [-0.2, 0) is 13.0 Å². The lowest BCUT2D eigenvalue weighted by molar-refractivity contribution is 0.137. The minimum atomic E-state index is -0.205. The Bertz CT molecular complexity index is 679. The number of aryl methyl sites for hydroxylation is 1. The molecule has 21 heavy (non-hydrogen) atoms. The van der Waals surface area contributed by atoms with E-state index in [0.717, 1.165) is 29.0 Å². The van der Waals surface area contributed by atoms with Crippen LogP contribution in [0.1, 0.15) is 30.5 Å². The van der Waals surface area contributed by atoms with Crippen LogP contribution in [0.3, 0.4) is 0 Å². The van der Waals surface area contributed by atoms with E-state index in [2.05, 4.69) is 37.4 Å². The Morgan fingerprint density at radius 1 is 1.24 bits per heavy atom. The molecule has 110 valence electrons. The molecule has 0 saturated heterocycles. The van der Waals surface area contributed by atoms with E-state index in [1.54, 1.807) is 6.07 Å². The molecule has 0 atom stereocenters. The van der Waals surface area contributed by atoms with Gasteiger partial charge in [-0.3, -0.25) is 0 Å². The number of hydrogen-bond acceptors (Lipinski definition) is 2. The Morgan fingerprint density at radius 3 is 2.81 bits per heavy atom. The summed E-state index contributed by atoms with van der Waals surface area (Å²) in [6, 6.07) is 11.1. The van der Waals surface area contributed by atoms with Crippen LogP contribution in [0.2, 0.25) is 0 Å². The highest BCUT2D eigenvalue weighted by molar-refractivity contribution is 5.53. The number of hydrogen-bond donors (Lipinski definition) is 1. The second kappa shape index (κ2) is 5.06. The van der Waals surface area contributed by atoms with E-state index < -0.39 is 0 Å². The van der Waals surface area contributed by atoms with E-state index in [9.17, 15) is 4.39 Å². The first-order valence-corrected chi connectivity index (χ1v) is 7.24. The van der Waals surface area contributed by atoms with Crippen molar-refractivity contribution in [3.05, 3.63) is 58.9 Å². The summed E-state index contributed by atoms with van der Waals surface area (Å²) in [5, 5.41) is 3.37. The van der Waals surface area contributed by atoms with Gasteiger partial charge in [0.2, 0.25) is 0 Å². The molecule has 0 fully saturated rings. The Morgan fingerprint density at radius 2 is 2.05 bits per heavy atom. The third-order valence-electron chi connectivity index (χ3n) is 3.83. The first-order chi connectivity index (χ1) is 9.94. The lowest BCUT2D eigenvalue weighted by atomic mass is 10.0. The van der Waals surface area contributed by atoms with Crippen LogP contribution in [0.5, 0.6) is 5.75 Å². The molecule has 2 aromatic rings. The minimum absolute atomic E-state index is 0.135. The average Bonchev–Trinajstić information content (AvgIpc) is 2.72. The standard InChI is InChI=1S/C18H20FNO/c1-12-9-15(19)7-8-16(12)20-11-14-6-4-5-13-10-18(2,3)21-17(13)14/h4-9,20H,10-11H2,1-3H3. The van der Waals surface area contributed by atoms with E-state index in [-0.39, 0.29) is 11.4 Å². The summed E-state index contributed by atoms with van der Waals surface area (Å²) in [5.41, 5.74) is 4.12.